The molecule has 1 unspecified atom stereocenters. The molecule has 0 aromatic heterocycles. The Morgan fingerprint density at radius 2 is 1.77 bits per heavy atom. The average molecular weight is 315 g/mol. The van der Waals surface area contributed by atoms with Crippen LogP contribution < -0.4 is 10.6 Å². The molecule has 0 spiro atoms. The largest absolute Gasteiger partial charge is 0.377 e. The Morgan fingerprint density at radius 1 is 1.18 bits per heavy atom. The summed E-state index contributed by atoms with van der Waals surface area (Å²) in [6, 6.07) is 0.531. The molecule has 5 nitrogen and oxygen atoms in total. The lowest BCUT2D eigenvalue weighted by atomic mass is 10.0. The van der Waals surface area contributed by atoms with Gasteiger partial charge in [0.15, 0.2) is 5.96 Å². The van der Waals surface area contributed by atoms with E-state index in [0.717, 1.165) is 32.1 Å². The minimum Gasteiger partial charge on any atom is -0.377 e. The molecule has 0 fully saturated rings. The minimum atomic E-state index is -0.201. The highest BCUT2D eigenvalue weighted by molar-refractivity contribution is 5.79. The van der Waals surface area contributed by atoms with Gasteiger partial charge in [-0.1, -0.05) is 27.7 Å². The molecular formula is C17H38N4O. The van der Waals surface area contributed by atoms with Crippen LogP contribution >= 0.6 is 0 Å². The zero-order valence-electron chi connectivity index (χ0n) is 16.0. The van der Waals surface area contributed by atoms with Crippen molar-refractivity contribution in [2.24, 2.45) is 10.9 Å². The van der Waals surface area contributed by atoms with Gasteiger partial charge in [0.2, 0.25) is 0 Å². The van der Waals surface area contributed by atoms with Gasteiger partial charge in [-0.05, 0) is 39.3 Å². The molecule has 0 bridgehead atoms. The number of ether oxygens (including phenoxy) is 1. The summed E-state index contributed by atoms with van der Waals surface area (Å²) >= 11 is 0. The highest BCUT2D eigenvalue weighted by atomic mass is 16.5. The number of hydrogen-bond acceptors (Lipinski definition) is 3. The lowest BCUT2D eigenvalue weighted by molar-refractivity contribution is 0.0268. The van der Waals surface area contributed by atoms with Crippen LogP contribution in [0.5, 0.6) is 0 Å². The van der Waals surface area contributed by atoms with Crippen molar-refractivity contribution in [3.8, 4) is 0 Å². The van der Waals surface area contributed by atoms with E-state index in [1.165, 1.54) is 6.42 Å². The van der Waals surface area contributed by atoms with Gasteiger partial charge in [0, 0.05) is 33.3 Å². The number of rotatable bonds is 10. The highest BCUT2D eigenvalue weighted by Crippen LogP contribution is 2.11. The summed E-state index contributed by atoms with van der Waals surface area (Å²) in [5, 5.41) is 6.80. The molecule has 0 radical (unpaired) electrons. The van der Waals surface area contributed by atoms with Gasteiger partial charge in [-0.25, -0.2) is 0 Å². The van der Waals surface area contributed by atoms with Crippen LogP contribution in [0.3, 0.4) is 0 Å². The van der Waals surface area contributed by atoms with Crippen molar-refractivity contribution in [1.82, 2.24) is 15.5 Å². The lowest BCUT2D eigenvalue weighted by Crippen LogP contribution is -2.50. The van der Waals surface area contributed by atoms with Crippen molar-refractivity contribution in [2.45, 2.75) is 59.6 Å². The third-order valence-electron chi connectivity index (χ3n) is 4.04. The Bertz CT molecular complexity index is 312. The van der Waals surface area contributed by atoms with Gasteiger partial charge >= 0.3 is 0 Å². The van der Waals surface area contributed by atoms with Gasteiger partial charge in [0.05, 0.1) is 5.60 Å². The van der Waals surface area contributed by atoms with E-state index in [4.69, 9.17) is 4.74 Å². The standard InChI is InChI=1S/C17H38N4O/c1-9-21(10-2)15(11-14(3)4)12-19-16(18-7)20-13-17(5,6)22-8/h14-15H,9-13H2,1-8H3,(H2,18,19,20). The Morgan fingerprint density at radius 3 is 2.18 bits per heavy atom. The topological polar surface area (TPSA) is 48.9 Å². The van der Waals surface area contributed by atoms with Crippen LogP contribution in [0.4, 0.5) is 0 Å². The van der Waals surface area contributed by atoms with Gasteiger partial charge < -0.3 is 15.4 Å². The average Bonchev–Trinajstić information content (AvgIpc) is 2.47. The molecule has 0 saturated heterocycles. The highest BCUT2D eigenvalue weighted by Gasteiger charge is 2.19. The van der Waals surface area contributed by atoms with E-state index in [9.17, 15) is 0 Å². The van der Waals surface area contributed by atoms with Crippen LogP contribution in [0, 0.1) is 5.92 Å². The van der Waals surface area contributed by atoms with E-state index < -0.39 is 0 Å². The summed E-state index contributed by atoms with van der Waals surface area (Å²) in [4.78, 5) is 6.82. The van der Waals surface area contributed by atoms with Gasteiger partial charge in [0.1, 0.15) is 0 Å². The fourth-order valence-corrected chi connectivity index (χ4v) is 2.45. The van der Waals surface area contributed by atoms with Crippen molar-refractivity contribution >= 4 is 5.96 Å². The third-order valence-corrected chi connectivity index (χ3v) is 4.04. The van der Waals surface area contributed by atoms with Crippen LogP contribution in [-0.4, -0.2) is 62.8 Å². The zero-order chi connectivity index (χ0) is 17.2. The molecular weight excluding hydrogens is 276 g/mol. The Labute approximate surface area is 137 Å². The second-order valence-electron chi connectivity index (χ2n) is 6.78. The van der Waals surface area contributed by atoms with Crippen molar-refractivity contribution in [1.29, 1.82) is 0 Å². The molecule has 0 saturated carbocycles. The molecule has 0 heterocycles. The van der Waals surface area contributed by atoms with E-state index in [2.05, 4.69) is 62.1 Å². The summed E-state index contributed by atoms with van der Waals surface area (Å²) in [6.07, 6.45) is 1.19. The zero-order valence-corrected chi connectivity index (χ0v) is 16.0. The van der Waals surface area contributed by atoms with Crippen LogP contribution in [-0.2, 0) is 4.74 Å². The first-order chi connectivity index (χ1) is 10.3. The summed E-state index contributed by atoms with van der Waals surface area (Å²) in [6.45, 7) is 16.9. The van der Waals surface area contributed by atoms with Crippen molar-refractivity contribution in [3.05, 3.63) is 0 Å². The number of nitrogens with one attached hydrogen (secondary N) is 2. The molecule has 132 valence electrons. The Hall–Kier alpha value is -0.810. The van der Waals surface area contributed by atoms with Crippen LogP contribution in [0.2, 0.25) is 0 Å². The maximum Gasteiger partial charge on any atom is 0.191 e. The maximum atomic E-state index is 5.43. The SMILES string of the molecule is CCN(CC)C(CNC(=NC)NCC(C)(C)OC)CC(C)C. The Kier molecular flexibility index (Phi) is 10.4. The van der Waals surface area contributed by atoms with E-state index in [0.29, 0.717) is 12.0 Å². The molecule has 0 aliphatic carbocycles. The van der Waals surface area contributed by atoms with Crippen molar-refractivity contribution < 1.29 is 4.74 Å². The van der Waals surface area contributed by atoms with Gasteiger partial charge in [-0.15, -0.1) is 0 Å². The molecule has 0 aliphatic heterocycles. The van der Waals surface area contributed by atoms with Gasteiger partial charge in [-0.2, -0.15) is 0 Å². The fourth-order valence-electron chi connectivity index (χ4n) is 2.45. The van der Waals surface area contributed by atoms with E-state index in [1.807, 2.05) is 7.05 Å². The number of methoxy groups -OCH3 is 1. The Balaban J connectivity index is 4.53. The second-order valence-corrected chi connectivity index (χ2v) is 6.78. The lowest BCUT2D eigenvalue weighted by Gasteiger charge is -2.32. The second kappa shape index (κ2) is 10.8. The first-order valence-electron chi connectivity index (χ1n) is 8.53. The number of nitrogens with zero attached hydrogens (tertiary/aromatic N) is 2. The molecule has 0 amide bonds. The van der Waals surface area contributed by atoms with Crippen molar-refractivity contribution in [2.75, 3.05) is 40.3 Å². The van der Waals surface area contributed by atoms with Gasteiger partial charge in [-0.3, -0.25) is 9.89 Å². The fraction of sp³-hybridized carbons (Fsp3) is 0.941. The van der Waals surface area contributed by atoms with E-state index >= 15 is 0 Å². The maximum absolute atomic E-state index is 5.43. The molecule has 2 N–H and O–H groups in total. The number of hydrogen-bond donors (Lipinski definition) is 2. The van der Waals surface area contributed by atoms with Crippen LogP contribution in [0.25, 0.3) is 0 Å². The first-order valence-corrected chi connectivity index (χ1v) is 8.53. The predicted octanol–water partition coefficient (Wildman–Crippen LogP) is 2.33. The summed E-state index contributed by atoms with van der Waals surface area (Å²) in [5.74, 6) is 1.53. The monoisotopic (exact) mass is 314 g/mol. The summed E-state index contributed by atoms with van der Waals surface area (Å²) in [5.41, 5.74) is -0.201. The minimum absolute atomic E-state index is 0.201. The molecule has 0 aliphatic rings. The molecule has 0 rings (SSSR count). The van der Waals surface area contributed by atoms with Gasteiger partial charge in [0.25, 0.3) is 0 Å². The normalized spacial score (nSPS) is 14.5. The number of aliphatic imine (C=N–C) groups is 1. The molecule has 22 heavy (non-hydrogen) atoms. The van der Waals surface area contributed by atoms with Crippen molar-refractivity contribution in [3.63, 3.8) is 0 Å². The molecule has 0 aromatic carbocycles. The van der Waals surface area contributed by atoms with Crippen LogP contribution in [0.15, 0.2) is 4.99 Å². The number of guanidine groups is 1. The molecule has 1 atom stereocenters. The number of likely N-dealkylation sites (N-methyl/N-ethyl adjacent to an activating group) is 1. The van der Waals surface area contributed by atoms with E-state index in [1.54, 1.807) is 7.11 Å². The smallest absolute Gasteiger partial charge is 0.191 e. The molecule has 5 heteroatoms. The first kappa shape index (κ1) is 21.2. The quantitative estimate of drug-likeness (QED) is 0.480. The van der Waals surface area contributed by atoms with E-state index in [-0.39, 0.29) is 5.60 Å². The summed E-state index contributed by atoms with van der Waals surface area (Å²) in [7, 11) is 3.54. The predicted molar refractivity (Wildman–Crippen MR) is 96.6 cm³/mol. The third kappa shape index (κ3) is 8.59. The summed E-state index contributed by atoms with van der Waals surface area (Å²) < 4.78 is 5.43. The molecule has 0 aromatic rings. The van der Waals surface area contributed by atoms with Crippen LogP contribution in [0.1, 0.15) is 48.0 Å².